The van der Waals surface area contributed by atoms with Crippen molar-refractivity contribution in [3.8, 4) is 0 Å². The summed E-state index contributed by atoms with van der Waals surface area (Å²) in [4.78, 5) is 11.7. The molecular weight excluding hydrogens is 250 g/mol. The van der Waals surface area contributed by atoms with Gasteiger partial charge in [-0.2, -0.15) is 0 Å². The molecule has 1 fully saturated rings. The Morgan fingerprint density at radius 2 is 1.95 bits per heavy atom. The number of hydrogen-bond acceptors (Lipinski definition) is 1. The van der Waals surface area contributed by atoms with Crippen molar-refractivity contribution in [1.82, 2.24) is 10.6 Å². The van der Waals surface area contributed by atoms with Crippen LogP contribution in [0.15, 0.2) is 18.2 Å². The predicted octanol–water partition coefficient (Wildman–Crippen LogP) is 3.27. The SMILES string of the molecule is CC(NC(=O)NC1CCCC1)c1ccc(F)c(F)c1. The molecule has 1 saturated carbocycles. The van der Waals surface area contributed by atoms with Crippen molar-refractivity contribution < 1.29 is 13.6 Å². The zero-order chi connectivity index (χ0) is 13.8. The van der Waals surface area contributed by atoms with Gasteiger partial charge in [-0.1, -0.05) is 18.9 Å². The quantitative estimate of drug-likeness (QED) is 0.868. The van der Waals surface area contributed by atoms with Crippen molar-refractivity contribution >= 4 is 6.03 Å². The van der Waals surface area contributed by atoms with Gasteiger partial charge in [-0.05, 0) is 37.5 Å². The summed E-state index contributed by atoms with van der Waals surface area (Å²) in [5.74, 6) is -1.78. The highest BCUT2D eigenvalue weighted by Gasteiger charge is 2.18. The number of halogens is 2. The highest BCUT2D eigenvalue weighted by Crippen LogP contribution is 2.18. The molecule has 1 unspecified atom stereocenters. The molecule has 5 heteroatoms. The van der Waals surface area contributed by atoms with Crippen LogP contribution in [0.3, 0.4) is 0 Å². The van der Waals surface area contributed by atoms with Gasteiger partial charge < -0.3 is 10.6 Å². The Balaban J connectivity index is 1.90. The van der Waals surface area contributed by atoms with Crippen LogP contribution in [0, 0.1) is 11.6 Å². The van der Waals surface area contributed by atoms with E-state index in [4.69, 9.17) is 0 Å². The van der Waals surface area contributed by atoms with E-state index in [2.05, 4.69) is 10.6 Å². The van der Waals surface area contributed by atoms with Crippen LogP contribution in [-0.4, -0.2) is 12.1 Å². The van der Waals surface area contributed by atoms with E-state index >= 15 is 0 Å². The van der Waals surface area contributed by atoms with Gasteiger partial charge in [0.05, 0.1) is 6.04 Å². The van der Waals surface area contributed by atoms with E-state index in [1.165, 1.54) is 6.07 Å². The van der Waals surface area contributed by atoms with Crippen LogP contribution in [0.1, 0.15) is 44.2 Å². The molecule has 0 radical (unpaired) electrons. The van der Waals surface area contributed by atoms with Crippen LogP contribution in [0.25, 0.3) is 0 Å². The Morgan fingerprint density at radius 3 is 2.58 bits per heavy atom. The monoisotopic (exact) mass is 268 g/mol. The lowest BCUT2D eigenvalue weighted by atomic mass is 10.1. The third-order valence-electron chi connectivity index (χ3n) is 3.48. The summed E-state index contributed by atoms with van der Waals surface area (Å²) in [7, 11) is 0. The number of benzene rings is 1. The first kappa shape index (κ1) is 13.8. The average molecular weight is 268 g/mol. The summed E-state index contributed by atoms with van der Waals surface area (Å²) in [6.45, 7) is 1.74. The summed E-state index contributed by atoms with van der Waals surface area (Å²) >= 11 is 0. The summed E-state index contributed by atoms with van der Waals surface area (Å²) in [6, 6.07) is 3.25. The van der Waals surface area contributed by atoms with E-state index < -0.39 is 11.6 Å². The van der Waals surface area contributed by atoms with Crippen LogP contribution in [0.4, 0.5) is 13.6 Å². The standard InChI is InChI=1S/C14H18F2N2O/c1-9(10-6-7-12(15)13(16)8-10)17-14(19)18-11-4-2-3-5-11/h6-9,11H,2-5H2,1H3,(H2,17,18,19). The predicted molar refractivity (Wildman–Crippen MR) is 68.7 cm³/mol. The largest absolute Gasteiger partial charge is 0.335 e. The van der Waals surface area contributed by atoms with Crippen LogP contribution in [0.5, 0.6) is 0 Å². The maximum atomic E-state index is 13.1. The minimum absolute atomic E-state index is 0.233. The van der Waals surface area contributed by atoms with Crippen molar-refractivity contribution in [3.63, 3.8) is 0 Å². The van der Waals surface area contributed by atoms with E-state index in [0.717, 1.165) is 37.8 Å². The normalized spacial score (nSPS) is 17.2. The van der Waals surface area contributed by atoms with Crippen molar-refractivity contribution in [1.29, 1.82) is 0 Å². The smallest absolute Gasteiger partial charge is 0.315 e. The molecule has 0 spiro atoms. The third-order valence-corrected chi connectivity index (χ3v) is 3.48. The molecule has 2 rings (SSSR count). The Kier molecular flexibility index (Phi) is 4.35. The summed E-state index contributed by atoms with van der Waals surface area (Å²) in [5, 5.41) is 5.62. The first-order chi connectivity index (χ1) is 9.06. The molecule has 19 heavy (non-hydrogen) atoms. The van der Waals surface area contributed by atoms with Crippen LogP contribution in [-0.2, 0) is 0 Å². The van der Waals surface area contributed by atoms with Gasteiger partial charge in [0, 0.05) is 6.04 Å². The van der Waals surface area contributed by atoms with Gasteiger partial charge in [-0.25, -0.2) is 13.6 Å². The maximum absolute atomic E-state index is 13.1. The Morgan fingerprint density at radius 1 is 1.26 bits per heavy atom. The van der Waals surface area contributed by atoms with Crippen molar-refractivity contribution in [2.24, 2.45) is 0 Å². The molecule has 104 valence electrons. The zero-order valence-electron chi connectivity index (χ0n) is 10.9. The molecule has 0 bridgehead atoms. The lowest BCUT2D eigenvalue weighted by Gasteiger charge is -2.18. The van der Waals surface area contributed by atoms with E-state index in [0.29, 0.717) is 5.56 Å². The van der Waals surface area contributed by atoms with Gasteiger partial charge in [-0.3, -0.25) is 0 Å². The second kappa shape index (κ2) is 5.99. The number of amides is 2. The van der Waals surface area contributed by atoms with Crippen LogP contribution in [0.2, 0.25) is 0 Å². The number of hydrogen-bond donors (Lipinski definition) is 2. The van der Waals surface area contributed by atoms with E-state index in [1.54, 1.807) is 6.92 Å². The number of rotatable bonds is 3. The second-order valence-corrected chi connectivity index (χ2v) is 4.99. The molecule has 1 aromatic carbocycles. The highest BCUT2D eigenvalue weighted by atomic mass is 19.2. The van der Waals surface area contributed by atoms with E-state index in [1.807, 2.05) is 0 Å². The van der Waals surface area contributed by atoms with Gasteiger partial charge >= 0.3 is 6.03 Å². The first-order valence-corrected chi connectivity index (χ1v) is 6.58. The molecule has 1 aliphatic carbocycles. The Hall–Kier alpha value is -1.65. The number of urea groups is 1. The first-order valence-electron chi connectivity index (χ1n) is 6.58. The van der Waals surface area contributed by atoms with Crippen molar-refractivity contribution in [3.05, 3.63) is 35.4 Å². The molecule has 2 amide bonds. The summed E-state index contributed by atoms with van der Waals surface area (Å²) in [5.41, 5.74) is 0.542. The summed E-state index contributed by atoms with van der Waals surface area (Å²) in [6.07, 6.45) is 4.30. The topological polar surface area (TPSA) is 41.1 Å². The Labute approximate surface area is 111 Å². The fourth-order valence-corrected chi connectivity index (χ4v) is 2.36. The molecule has 1 aliphatic rings. The van der Waals surface area contributed by atoms with Gasteiger partial charge in [-0.15, -0.1) is 0 Å². The van der Waals surface area contributed by atoms with Gasteiger partial charge in [0.15, 0.2) is 11.6 Å². The second-order valence-electron chi connectivity index (χ2n) is 4.99. The third kappa shape index (κ3) is 3.66. The molecule has 1 aromatic rings. The highest BCUT2D eigenvalue weighted by molar-refractivity contribution is 5.74. The van der Waals surface area contributed by atoms with Gasteiger partial charge in [0.1, 0.15) is 0 Å². The molecule has 0 aromatic heterocycles. The van der Waals surface area contributed by atoms with E-state index in [9.17, 15) is 13.6 Å². The average Bonchev–Trinajstić information content (AvgIpc) is 2.85. The molecule has 0 saturated heterocycles. The molecule has 3 nitrogen and oxygen atoms in total. The summed E-state index contributed by atoms with van der Waals surface area (Å²) < 4.78 is 25.9. The van der Waals surface area contributed by atoms with E-state index in [-0.39, 0.29) is 18.1 Å². The van der Waals surface area contributed by atoms with Crippen LogP contribution >= 0.6 is 0 Å². The van der Waals surface area contributed by atoms with Crippen LogP contribution < -0.4 is 10.6 Å². The molecular formula is C14H18F2N2O. The fourth-order valence-electron chi connectivity index (χ4n) is 2.36. The number of carbonyl (C=O) groups is 1. The maximum Gasteiger partial charge on any atom is 0.315 e. The van der Waals surface area contributed by atoms with Crippen molar-refractivity contribution in [2.45, 2.75) is 44.7 Å². The molecule has 0 heterocycles. The lowest BCUT2D eigenvalue weighted by molar-refractivity contribution is 0.234. The minimum Gasteiger partial charge on any atom is -0.335 e. The van der Waals surface area contributed by atoms with Gasteiger partial charge in [0.2, 0.25) is 0 Å². The lowest BCUT2D eigenvalue weighted by Crippen LogP contribution is -2.41. The molecule has 0 aliphatic heterocycles. The molecule has 1 atom stereocenters. The number of nitrogens with one attached hydrogen (secondary N) is 2. The van der Waals surface area contributed by atoms with Crippen molar-refractivity contribution in [2.75, 3.05) is 0 Å². The fraction of sp³-hybridized carbons (Fsp3) is 0.500. The van der Waals surface area contributed by atoms with Gasteiger partial charge in [0.25, 0.3) is 0 Å². The molecule has 2 N–H and O–H groups in total. The minimum atomic E-state index is -0.901. The zero-order valence-corrected chi connectivity index (χ0v) is 10.9. The number of carbonyl (C=O) groups excluding carboxylic acids is 1. The Bertz CT molecular complexity index is 459.